The van der Waals surface area contributed by atoms with Crippen LogP contribution in [0.4, 0.5) is 0 Å². The van der Waals surface area contributed by atoms with Gasteiger partial charge in [-0.25, -0.2) is 0 Å². The molecule has 2 amide bonds. The zero-order valence-electron chi connectivity index (χ0n) is 19.9. The molecule has 5 rings (SSSR count). The Morgan fingerprint density at radius 1 is 1.06 bits per heavy atom. The molecule has 6 nitrogen and oxygen atoms in total. The quantitative estimate of drug-likeness (QED) is 0.445. The Balaban J connectivity index is 1.29. The monoisotopic (exact) mass is 490 g/mol. The number of nitrogens with zero attached hydrogens (tertiary/aromatic N) is 2. The van der Waals surface area contributed by atoms with E-state index in [0.717, 1.165) is 36.1 Å². The van der Waals surface area contributed by atoms with Crippen molar-refractivity contribution in [3.05, 3.63) is 87.6 Å². The fourth-order valence-electron chi connectivity index (χ4n) is 4.69. The van der Waals surface area contributed by atoms with E-state index in [2.05, 4.69) is 11.4 Å². The Hall–Kier alpha value is -3.16. The largest absolute Gasteiger partial charge is 0.497 e. The molecule has 2 aliphatic rings. The molecule has 1 aliphatic carbocycles. The minimum Gasteiger partial charge on any atom is -0.497 e. The molecule has 0 N–H and O–H groups in total. The van der Waals surface area contributed by atoms with Crippen LogP contribution in [0.5, 0.6) is 5.75 Å². The first kappa shape index (κ1) is 23.6. The van der Waals surface area contributed by atoms with Gasteiger partial charge in [0.1, 0.15) is 18.9 Å². The lowest BCUT2D eigenvalue weighted by molar-refractivity contribution is -0.145. The third-order valence-electron chi connectivity index (χ3n) is 6.67. The highest BCUT2D eigenvalue weighted by atomic mass is 32.1. The van der Waals surface area contributed by atoms with Crippen molar-refractivity contribution in [3.63, 3.8) is 0 Å². The lowest BCUT2D eigenvalue weighted by Crippen LogP contribution is -2.48. The summed E-state index contributed by atoms with van der Waals surface area (Å²) in [5.74, 6) is 0.644. The number of amides is 2. The summed E-state index contributed by atoms with van der Waals surface area (Å²) in [6, 6.07) is 19.8. The number of rotatable bonds is 9. The Morgan fingerprint density at radius 2 is 1.83 bits per heavy atom. The minimum atomic E-state index is -0.158. The first-order valence-electron chi connectivity index (χ1n) is 12.0. The number of benzene rings is 2. The van der Waals surface area contributed by atoms with Gasteiger partial charge in [-0.05, 0) is 59.5 Å². The number of fused-ring (bicyclic) bond motifs is 1. The van der Waals surface area contributed by atoms with Gasteiger partial charge in [-0.3, -0.25) is 9.59 Å². The smallest absolute Gasteiger partial charge is 0.249 e. The summed E-state index contributed by atoms with van der Waals surface area (Å²) in [7, 11) is 1.65. The van der Waals surface area contributed by atoms with Crippen LogP contribution in [0.3, 0.4) is 0 Å². The predicted octanol–water partition coefficient (Wildman–Crippen LogP) is 4.44. The number of carbonyl (C=O) groups is 2. The van der Waals surface area contributed by atoms with Crippen molar-refractivity contribution in [3.8, 4) is 5.75 Å². The Bertz CT molecular complexity index is 1160. The summed E-state index contributed by atoms with van der Waals surface area (Å²) in [6.45, 7) is 1.09. The molecule has 1 atom stereocenters. The van der Waals surface area contributed by atoms with Gasteiger partial charge in [0.05, 0.1) is 19.8 Å². The lowest BCUT2D eigenvalue weighted by atomic mass is 9.93. The molecule has 2 heterocycles. The molecule has 35 heavy (non-hydrogen) atoms. The summed E-state index contributed by atoms with van der Waals surface area (Å²) in [5, 5.41) is 2.10. The number of hydrogen-bond acceptors (Lipinski definition) is 5. The molecule has 1 saturated carbocycles. The van der Waals surface area contributed by atoms with Gasteiger partial charge in [-0.1, -0.05) is 42.5 Å². The van der Waals surface area contributed by atoms with Gasteiger partial charge in [0.2, 0.25) is 11.8 Å². The van der Waals surface area contributed by atoms with E-state index in [4.69, 9.17) is 9.47 Å². The van der Waals surface area contributed by atoms with Crippen molar-refractivity contribution in [2.24, 2.45) is 0 Å². The normalized spacial score (nSPS) is 17.1. The number of methoxy groups -OCH3 is 1. The molecule has 0 saturated heterocycles. The highest BCUT2D eigenvalue weighted by Crippen LogP contribution is 2.38. The second-order valence-corrected chi connectivity index (χ2v) is 10.0. The van der Waals surface area contributed by atoms with Crippen LogP contribution in [0.2, 0.25) is 0 Å². The van der Waals surface area contributed by atoms with Crippen molar-refractivity contribution >= 4 is 23.2 Å². The summed E-state index contributed by atoms with van der Waals surface area (Å²) in [6.07, 6.45) is 2.71. The van der Waals surface area contributed by atoms with Crippen molar-refractivity contribution in [1.82, 2.24) is 9.80 Å². The van der Waals surface area contributed by atoms with Gasteiger partial charge < -0.3 is 19.3 Å². The molecule has 2 aromatic carbocycles. The summed E-state index contributed by atoms with van der Waals surface area (Å²) >= 11 is 1.74. The van der Waals surface area contributed by atoms with Crippen molar-refractivity contribution < 1.29 is 19.1 Å². The highest BCUT2D eigenvalue weighted by molar-refractivity contribution is 7.10. The van der Waals surface area contributed by atoms with E-state index in [1.807, 2.05) is 59.5 Å². The third kappa shape index (κ3) is 5.41. The predicted molar refractivity (Wildman–Crippen MR) is 135 cm³/mol. The van der Waals surface area contributed by atoms with Crippen molar-refractivity contribution in [2.45, 2.75) is 38.0 Å². The third-order valence-corrected chi connectivity index (χ3v) is 7.66. The van der Waals surface area contributed by atoms with E-state index in [9.17, 15) is 9.59 Å². The maximum Gasteiger partial charge on any atom is 0.249 e. The lowest BCUT2D eigenvalue weighted by Gasteiger charge is -2.37. The van der Waals surface area contributed by atoms with E-state index < -0.39 is 0 Å². The molecule has 7 heteroatoms. The Labute approximate surface area is 210 Å². The van der Waals surface area contributed by atoms with Gasteiger partial charge in [0.15, 0.2) is 0 Å². The van der Waals surface area contributed by atoms with Crippen LogP contribution >= 0.6 is 11.3 Å². The van der Waals surface area contributed by atoms with Crippen LogP contribution in [-0.2, 0) is 27.4 Å². The zero-order chi connectivity index (χ0) is 24.2. The summed E-state index contributed by atoms with van der Waals surface area (Å²) < 4.78 is 11.0. The molecule has 1 aliphatic heterocycles. The molecule has 0 radical (unpaired) electrons. The number of hydrogen-bond donors (Lipinski definition) is 0. The standard InChI is InChI=1S/C28H30N2O4S/c1-33-23-11-7-21(8-12-23)28-24-14-16-35-25(24)13-15-29(28)26(31)17-30(22-9-10-22)27(32)19-34-18-20-5-3-2-4-6-20/h2-8,11-12,14,16,22,28H,9-10,13,15,17-19H2,1H3. The van der Waals surface area contributed by atoms with Crippen molar-refractivity contribution in [1.29, 1.82) is 0 Å². The topological polar surface area (TPSA) is 59.1 Å². The first-order valence-corrected chi connectivity index (χ1v) is 12.9. The molecule has 3 aromatic rings. The van der Waals surface area contributed by atoms with Crippen LogP contribution in [0.15, 0.2) is 66.0 Å². The van der Waals surface area contributed by atoms with E-state index in [1.54, 1.807) is 23.3 Å². The Morgan fingerprint density at radius 3 is 2.54 bits per heavy atom. The molecule has 1 aromatic heterocycles. The van der Waals surface area contributed by atoms with Crippen LogP contribution in [0.25, 0.3) is 0 Å². The molecular weight excluding hydrogens is 460 g/mol. The van der Waals surface area contributed by atoms with Crippen LogP contribution in [0, 0.1) is 0 Å². The molecular formula is C28H30N2O4S. The van der Waals surface area contributed by atoms with Gasteiger partial charge in [0, 0.05) is 17.5 Å². The molecule has 0 spiro atoms. The number of ether oxygens (including phenoxy) is 2. The SMILES string of the molecule is COc1ccc(C2c3ccsc3CCN2C(=O)CN(C(=O)COCc2ccccc2)C2CC2)cc1. The maximum absolute atomic E-state index is 13.6. The van der Waals surface area contributed by atoms with Crippen molar-refractivity contribution in [2.75, 3.05) is 26.8 Å². The first-order chi connectivity index (χ1) is 17.1. The number of carbonyl (C=O) groups excluding carboxylic acids is 2. The van der Waals surface area contributed by atoms with E-state index in [0.29, 0.717) is 13.2 Å². The summed E-state index contributed by atoms with van der Waals surface area (Å²) in [5.41, 5.74) is 3.25. The second-order valence-electron chi connectivity index (χ2n) is 9.04. The Kier molecular flexibility index (Phi) is 7.16. The fraction of sp³-hybridized carbons (Fsp3) is 0.357. The summed E-state index contributed by atoms with van der Waals surface area (Å²) in [4.78, 5) is 31.7. The average Bonchev–Trinajstić information content (AvgIpc) is 3.62. The van der Waals surface area contributed by atoms with Gasteiger partial charge >= 0.3 is 0 Å². The highest BCUT2D eigenvalue weighted by Gasteiger charge is 2.38. The van der Waals surface area contributed by atoms with Gasteiger partial charge in [-0.15, -0.1) is 11.3 Å². The van der Waals surface area contributed by atoms with E-state index in [1.165, 1.54) is 10.4 Å². The minimum absolute atomic E-state index is 0.0186. The average molecular weight is 491 g/mol. The second kappa shape index (κ2) is 10.6. The molecule has 0 bridgehead atoms. The zero-order valence-corrected chi connectivity index (χ0v) is 20.7. The fourth-order valence-corrected chi connectivity index (χ4v) is 5.59. The van der Waals surface area contributed by atoms with E-state index in [-0.39, 0.29) is 37.0 Å². The maximum atomic E-state index is 13.6. The van der Waals surface area contributed by atoms with Gasteiger partial charge in [0.25, 0.3) is 0 Å². The van der Waals surface area contributed by atoms with Crippen LogP contribution in [-0.4, -0.2) is 54.5 Å². The van der Waals surface area contributed by atoms with Crippen LogP contribution < -0.4 is 4.74 Å². The number of thiophene rings is 1. The molecule has 1 fully saturated rings. The van der Waals surface area contributed by atoms with E-state index >= 15 is 0 Å². The van der Waals surface area contributed by atoms with Gasteiger partial charge in [-0.2, -0.15) is 0 Å². The molecule has 182 valence electrons. The molecule has 1 unspecified atom stereocenters. The van der Waals surface area contributed by atoms with Crippen LogP contribution in [0.1, 0.15) is 40.5 Å².